The van der Waals surface area contributed by atoms with Gasteiger partial charge in [-0.1, -0.05) is 49.1 Å². The maximum Gasteiger partial charge on any atom is 0.416 e. The molecule has 1 saturated heterocycles. The van der Waals surface area contributed by atoms with Crippen molar-refractivity contribution in [3.05, 3.63) is 89.8 Å². The lowest BCUT2D eigenvalue weighted by atomic mass is 9.70. The third kappa shape index (κ3) is 4.67. The van der Waals surface area contributed by atoms with Crippen LogP contribution >= 0.6 is 0 Å². The number of alkyl halides is 3. The number of aliphatic hydroxyl groups excluding tert-OH is 1. The van der Waals surface area contributed by atoms with Gasteiger partial charge in [0.1, 0.15) is 11.5 Å². The zero-order chi connectivity index (χ0) is 29.6. The van der Waals surface area contributed by atoms with Crippen molar-refractivity contribution in [1.82, 2.24) is 14.8 Å². The van der Waals surface area contributed by atoms with E-state index in [0.717, 1.165) is 43.9 Å². The number of piperazine rings is 1. The van der Waals surface area contributed by atoms with E-state index in [2.05, 4.69) is 28.4 Å². The number of halogens is 3. The lowest BCUT2D eigenvalue weighted by Gasteiger charge is -2.41. The van der Waals surface area contributed by atoms with Gasteiger partial charge in [0, 0.05) is 44.6 Å². The van der Waals surface area contributed by atoms with Crippen LogP contribution in [0.2, 0.25) is 0 Å². The van der Waals surface area contributed by atoms with Gasteiger partial charge in [-0.05, 0) is 31.2 Å². The molecule has 1 aliphatic carbocycles. The molecule has 10 heteroatoms. The minimum absolute atomic E-state index is 0.0932. The summed E-state index contributed by atoms with van der Waals surface area (Å²) in [6.45, 7) is 9.18. The van der Waals surface area contributed by atoms with Gasteiger partial charge in [0.2, 0.25) is 0 Å². The van der Waals surface area contributed by atoms with Crippen molar-refractivity contribution in [2.24, 2.45) is 5.92 Å². The second-order valence-electron chi connectivity index (χ2n) is 11.0. The maximum absolute atomic E-state index is 13.7. The molecule has 1 saturated carbocycles. The SMILES string of the molecule is C=C(/C=C\C(=C/C)C(F)(F)F)[C@@]12Oc3cncc(OC)c3[C@]1(O)[C@H](O)[C@H](CN1CCN(C)CC1)[C@H]2c1ccccc1. The molecule has 220 valence electrons. The van der Waals surface area contributed by atoms with Crippen molar-refractivity contribution >= 4 is 0 Å². The summed E-state index contributed by atoms with van der Waals surface area (Å²) in [6, 6.07) is 9.33. The molecule has 5 rings (SSSR count). The maximum atomic E-state index is 13.7. The van der Waals surface area contributed by atoms with E-state index in [1.807, 2.05) is 30.3 Å². The van der Waals surface area contributed by atoms with E-state index in [1.165, 1.54) is 32.5 Å². The van der Waals surface area contributed by atoms with Crippen molar-refractivity contribution in [3.63, 3.8) is 0 Å². The fourth-order valence-corrected chi connectivity index (χ4v) is 6.78. The number of allylic oxidation sites excluding steroid dienone is 3. The van der Waals surface area contributed by atoms with Crippen LogP contribution in [0.25, 0.3) is 0 Å². The molecule has 2 fully saturated rings. The fraction of sp³-hybridized carbons (Fsp3) is 0.452. The van der Waals surface area contributed by atoms with E-state index in [-0.39, 0.29) is 22.6 Å². The first-order chi connectivity index (χ1) is 19.5. The first kappa shape index (κ1) is 29.3. The monoisotopic (exact) mass is 571 g/mol. The fourth-order valence-electron chi connectivity index (χ4n) is 6.78. The second kappa shape index (κ2) is 10.9. The summed E-state index contributed by atoms with van der Waals surface area (Å²) in [5.41, 5.74) is -3.67. The van der Waals surface area contributed by atoms with Crippen LogP contribution < -0.4 is 9.47 Å². The molecule has 0 bridgehead atoms. The highest BCUT2D eigenvalue weighted by atomic mass is 19.4. The van der Waals surface area contributed by atoms with Crippen LogP contribution in [0.15, 0.2) is 78.7 Å². The van der Waals surface area contributed by atoms with Gasteiger partial charge < -0.3 is 29.5 Å². The van der Waals surface area contributed by atoms with Gasteiger partial charge in [-0.2, -0.15) is 13.2 Å². The molecule has 1 aromatic carbocycles. The normalized spacial score (nSPS) is 30.7. The van der Waals surface area contributed by atoms with Crippen molar-refractivity contribution in [1.29, 1.82) is 0 Å². The van der Waals surface area contributed by atoms with Crippen LogP contribution in [0.1, 0.15) is 24.0 Å². The molecule has 0 unspecified atom stereocenters. The molecule has 5 atom stereocenters. The highest BCUT2D eigenvalue weighted by Crippen LogP contribution is 2.68. The lowest BCUT2D eigenvalue weighted by Crippen LogP contribution is -2.55. The summed E-state index contributed by atoms with van der Waals surface area (Å²) in [4.78, 5) is 8.65. The highest BCUT2D eigenvalue weighted by Gasteiger charge is 2.76. The number of rotatable bonds is 7. The average molecular weight is 572 g/mol. The van der Waals surface area contributed by atoms with Gasteiger partial charge in [-0.15, -0.1) is 0 Å². The largest absolute Gasteiger partial charge is 0.495 e. The Kier molecular flexibility index (Phi) is 7.80. The third-order valence-electron chi connectivity index (χ3n) is 8.82. The molecule has 2 aliphatic heterocycles. The predicted molar refractivity (Wildman–Crippen MR) is 149 cm³/mol. The van der Waals surface area contributed by atoms with E-state index in [1.54, 1.807) is 0 Å². The van der Waals surface area contributed by atoms with E-state index in [0.29, 0.717) is 6.54 Å². The number of aromatic nitrogens is 1. The number of benzene rings is 1. The van der Waals surface area contributed by atoms with Crippen LogP contribution in [0, 0.1) is 5.92 Å². The molecule has 3 aliphatic rings. The third-order valence-corrected chi connectivity index (χ3v) is 8.82. The molecule has 0 spiro atoms. The van der Waals surface area contributed by atoms with Gasteiger partial charge in [0.05, 0.1) is 36.7 Å². The highest BCUT2D eigenvalue weighted by molar-refractivity contribution is 5.61. The number of ether oxygens (including phenoxy) is 2. The van der Waals surface area contributed by atoms with Gasteiger partial charge in [-0.3, -0.25) is 4.98 Å². The quantitative estimate of drug-likeness (QED) is 0.486. The number of likely N-dealkylation sites (N-methyl/N-ethyl adjacent to an activating group) is 1. The topological polar surface area (TPSA) is 78.3 Å². The molecular weight excluding hydrogens is 535 g/mol. The standard InChI is InChI=1S/C31H36F3N3O4/c1-5-22(31(32,33)34)12-11-20(2)30-26(21-9-7-6-8-10-21)23(19-37-15-13-36(3)14-16-37)28(38)29(30,39)27-24(40-4)17-35-18-25(27)41-30/h5-12,17-18,23,26,28,38-39H,2,13-16,19H2,1,3-4H3/b12-11-,22-5+/t23-,26-,28-,29+,30+/m1/s1. The van der Waals surface area contributed by atoms with E-state index in [9.17, 15) is 23.4 Å². The Morgan fingerprint density at radius 3 is 2.46 bits per heavy atom. The van der Waals surface area contributed by atoms with Crippen LogP contribution in [-0.4, -0.2) is 89.8 Å². The number of fused-ring (bicyclic) bond motifs is 3. The lowest BCUT2D eigenvalue weighted by molar-refractivity contribution is -0.131. The average Bonchev–Trinajstić information content (AvgIpc) is 3.33. The first-order valence-electron chi connectivity index (χ1n) is 13.7. The molecular formula is C31H36F3N3O4. The molecule has 0 amide bonds. The Balaban J connectivity index is 1.71. The molecule has 41 heavy (non-hydrogen) atoms. The minimum atomic E-state index is -4.58. The Bertz CT molecular complexity index is 1340. The number of nitrogens with zero attached hydrogens (tertiary/aromatic N) is 3. The Morgan fingerprint density at radius 2 is 1.85 bits per heavy atom. The van der Waals surface area contributed by atoms with Crippen molar-refractivity contribution in [2.75, 3.05) is 46.9 Å². The van der Waals surface area contributed by atoms with E-state index >= 15 is 0 Å². The summed E-state index contributed by atoms with van der Waals surface area (Å²) in [5.74, 6) is -0.857. The number of aliphatic hydroxyl groups is 2. The Morgan fingerprint density at radius 1 is 1.17 bits per heavy atom. The summed E-state index contributed by atoms with van der Waals surface area (Å²) >= 11 is 0. The van der Waals surface area contributed by atoms with Crippen LogP contribution in [-0.2, 0) is 5.60 Å². The zero-order valence-corrected chi connectivity index (χ0v) is 23.4. The molecule has 2 N–H and O–H groups in total. The van der Waals surface area contributed by atoms with Gasteiger partial charge >= 0.3 is 6.18 Å². The second-order valence-corrected chi connectivity index (χ2v) is 11.0. The zero-order valence-electron chi connectivity index (χ0n) is 23.4. The summed E-state index contributed by atoms with van der Waals surface area (Å²) < 4.78 is 53.1. The minimum Gasteiger partial charge on any atom is -0.495 e. The molecule has 2 aromatic rings. The number of hydrogen-bond acceptors (Lipinski definition) is 7. The van der Waals surface area contributed by atoms with Crippen molar-refractivity contribution < 1.29 is 32.9 Å². The van der Waals surface area contributed by atoms with Gasteiger partial charge in [0.25, 0.3) is 0 Å². The number of hydrogen-bond donors (Lipinski definition) is 2. The first-order valence-corrected chi connectivity index (χ1v) is 13.7. The molecule has 7 nitrogen and oxygen atoms in total. The van der Waals surface area contributed by atoms with E-state index in [4.69, 9.17) is 9.47 Å². The summed E-state index contributed by atoms with van der Waals surface area (Å²) in [5, 5.41) is 25.0. The Labute approximate surface area is 238 Å². The van der Waals surface area contributed by atoms with Crippen LogP contribution in [0.4, 0.5) is 13.2 Å². The summed E-state index contributed by atoms with van der Waals surface area (Å²) in [7, 11) is 3.48. The van der Waals surface area contributed by atoms with Crippen molar-refractivity contribution in [2.45, 2.75) is 36.3 Å². The molecule has 1 aromatic heterocycles. The predicted octanol–water partition coefficient (Wildman–Crippen LogP) is 4.05. The van der Waals surface area contributed by atoms with Gasteiger partial charge in [-0.25, -0.2) is 0 Å². The number of methoxy groups -OCH3 is 1. The van der Waals surface area contributed by atoms with Gasteiger partial charge in [0.15, 0.2) is 11.2 Å². The number of pyridine rings is 1. The molecule has 3 heterocycles. The Hall–Kier alpha value is -3.18. The summed E-state index contributed by atoms with van der Waals surface area (Å²) in [6.07, 6.45) is 0.0307. The van der Waals surface area contributed by atoms with Crippen LogP contribution in [0.3, 0.4) is 0 Å². The van der Waals surface area contributed by atoms with Crippen LogP contribution in [0.5, 0.6) is 11.5 Å². The van der Waals surface area contributed by atoms with E-state index < -0.39 is 40.9 Å². The smallest absolute Gasteiger partial charge is 0.416 e. The van der Waals surface area contributed by atoms with Crippen molar-refractivity contribution in [3.8, 4) is 11.5 Å². The molecule has 0 radical (unpaired) electrons.